The Labute approximate surface area is 165 Å². The number of amides is 2. The van der Waals surface area contributed by atoms with Crippen LogP contribution in [0.25, 0.3) is 6.08 Å². The number of hydrogen-bond donors (Lipinski definition) is 1. The molecule has 2 aliphatic heterocycles. The van der Waals surface area contributed by atoms with Gasteiger partial charge in [-0.3, -0.25) is 14.5 Å². The summed E-state index contributed by atoms with van der Waals surface area (Å²) in [6.45, 7) is -0.257. The van der Waals surface area contributed by atoms with Crippen LogP contribution in [0.4, 0.5) is 0 Å². The summed E-state index contributed by atoms with van der Waals surface area (Å²) in [6.07, 6.45) is 3.10. The number of nitrogens with zero attached hydrogens (tertiary/aromatic N) is 1. The highest BCUT2D eigenvalue weighted by Crippen LogP contribution is 2.32. The molecule has 1 atom stereocenters. The predicted octanol–water partition coefficient (Wildman–Crippen LogP) is 1.97. The predicted molar refractivity (Wildman–Crippen MR) is 106 cm³/mol. The molecule has 1 N–H and O–H groups in total. The zero-order chi connectivity index (χ0) is 18.9. The van der Waals surface area contributed by atoms with Gasteiger partial charge in [0, 0.05) is 10.4 Å². The van der Waals surface area contributed by atoms with Crippen molar-refractivity contribution < 1.29 is 18.0 Å². The Hall–Kier alpha value is -1.68. The Morgan fingerprint density at radius 2 is 2.08 bits per heavy atom. The van der Waals surface area contributed by atoms with E-state index in [1.54, 1.807) is 30.3 Å². The van der Waals surface area contributed by atoms with Crippen molar-refractivity contribution in [2.75, 3.05) is 12.3 Å². The van der Waals surface area contributed by atoms with Gasteiger partial charge < -0.3 is 5.32 Å². The van der Waals surface area contributed by atoms with Crippen LogP contribution in [0.2, 0.25) is 5.02 Å². The highest BCUT2D eigenvalue weighted by molar-refractivity contribution is 8.26. The molecule has 0 aromatic heterocycles. The molecule has 2 heterocycles. The number of carbonyl (C=O) groups excluding carboxylic acids is 2. The van der Waals surface area contributed by atoms with Crippen LogP contribution in [0.1, 0.15) is 5.56 Å². The van der Waals surface area contributed by atoms with Gasteiger partial charge in [-0.15, -0.1) is 0 Å². The van der Waals surface area contributed by atoms with Gasteiger partial charge in [0.2, 0.25) is 5.91 Å². The highest BCUT2D eigenvalue weighted by atomic mass is 35.5. The molecule has 2 amide bonds. The zero-order valence-electron chi connectivity index (χ0n) is 13.2. The molecule has 0 saturated carbocycles. The van der Waals surface area contributed by atoms with Crippen molar-refractivity contribution in [2.45, 2.75) is 6.04 Å². The molecule has 6 nitrogen and oxygen atoms in total. The number of benzene rings is 1. The van der Waals surface area contributed by atoms with Crippen molar-refractivity contribution in [1.29, 1.82) is 0 Å². The molecule has 1 aromatic carbocycles. The second-order valence-electron chi connectivity index (χ2n) is 5.65. The Balaban J connectivity index is 1.64. The van der Waals surface area contributed by atoms with Crippen LogP contribution in [-0.2, 0) is 19.4 Å². The van der Waals surface area contributed by atoms with E-state index in [2.05, 4.69) is 5.32 Å². The number of rotatable bonds is 4. The monoisotopic (exact) mass is 428 g/mol. The van der Waals surface area contributed by atoms with Crippen molar-refractivity contribution in [3.05, 3.63) is 51.2 Å². The second kappa shape index (κ2) is 7.51. The first-order chi connectivity index (χ1) is 12.2. The molecule has 1 unspecified atom stereocenters. The lowest BCUT2D eigenvalue weighted by Crippen LogP contribution is -2.43. The summed E-state index contributed by atoms with van der Waals surface area (Å²) in [7, 11) is -3.26. The molecule has 0 bridgehead atoms. The van der Waals surface area contributed by atoms with Crippen LogP contribution in [0, 0.1) is 0 Å². The lowest BCUT2D eigenvalue weighted by Gasteiger charge is -2.16. The minimum absolute atomic E-state index is 0.173. The van der Waals surface area contributed by atoms with Crippen LogP contribution in [0.3, 0.4) is 0 Å². The van der Waals surface area contributed by atoms with E-state index in [-0.39, 0.29) is 22.5 Å². The highest BCUT2D eigenvalue weighted by Gasteiger charge is 2.34. The van der Waals surface area contributed by atoms with E-state index in [9.17, 15) is 18.0 Å². The van der Waals surface area contributed by atoms with E-state index < -0.39 is 21.8 Å². The van der Waals surface area contributed by atoms with Gasteiger partial charge >= 0.3 is 0 Å². The molecular formula is C16H13ClN2O4S3. The molecule has 1 aromatic rings. The number of thiocarbonyl (C=S) groups is 1. The van der Waals surface area contributed by atoms with Crippen LogP contribution in [0.5, 0.6) is 0 Å². The number of nitrogens with one attached hydrogen (secondary N) is 1. The van der Waals surface area contributed by atoms with E-state index in [0.29, 0.717) is 9.93 Å². The SMILES string of the molecule is O=C(CN1C(=O)/C(=C/c2ccc(Cl)cc2)SC1=S)NC1C=CS(=O)(=O)C1. The van der Waals surface area contributed by atoms with E-state index in [1.807, 2.05) is 0 Å². The normalized spacial score (nSPS) is 23.0. The maximum atomic E-state index is 12.5. The molecular weight excluding hydrogens is 416 g/mol. The summed E-state index contributed by atoms with van der Waals surface area (Å²) in [6, 6.07) is 6.38. The number of hydrogen-bond acceptors (Lipinski definition) is 6. The van der Waals surface area contributed by atoms with Crippen LogP contribution in [0.15, 0.2) is 40.7 Å². The summed E-state index contributed by atoms with van der Waals surface area (Å²) in [5.74, 6) is -1.01. The summed E-state index contributed by atoms with van der Waals surface area (Å²) < 4.78 is 23.0. The summed E-state index contributed by atoms with van der Waals surface area (Å²) >= 11 is 12.1. The van der Waals surface area contributed by atoms with Crippen LogP contribution < -0.4 is 5.32 Å². The van der Waals surface area contributed by atoms with Crippen molar-refractivity contribution in [3.8, 4) is 0 Å². The van der Waals surface area contributed by atoms with Gasteiger partial charge in [0.15, 0.2) is 9.84 Å². The third kappa shape index (κ3) is 4.53. The van der Waals surface area contributed by atoms with E-state index in [0.717, 1.165) is 22.7 Å². The molecule has 136 valence electrons. The van der Waals surface area contributed by atoms with E-state index in [4.69, 9.17) is 23.8 Å². The van der Waals surface area contributed by atoms with Crippen molar-refractivity contribution in [2.24, 2.45) is 0 Å². The largest absolute Gasteiger partial charge is 0.347 e. The minimum atomic E-state index is -3.26. The lowest BCUT2D eigenvalue weighted by molar-refractivity contribution is -0.128. The fourth-order valence-electron chi connectivity index (χ4n) is 2.41. The minimum Gasteiger partial charge on any atom is -0.347 e. The zero-order valence-corrected chi connectivity index (χ0v) is 16.4. The molecule has 0 aliphatic carbocycles. The lowest BCUT2D eigenvalue weighted by atomic mass is 10.2. The molecule has 0 radical (unpaired) electrons. The second-order valence-corrected chi connectivity index (χ2v) is 9.69. The van der Waals surface area contributed by atoms with E-state index in [1.165, 1.54) is 11.0 Å². The van der Waals surface area contributed by atoms with Gasteiger partial charge in [-0.05, 0) is 29.8 Å². The Kier molecular flexibility index (Phi) is 5.52. The van der Waals surface area contributed by atoms with Crippen LogP contribution >= 0.6 is 35.6 Å². The molecule has 2 aliphatic rings. The maximum absolute atomic E-state index is 12.5. The average molecular weight is 429 g/mol. The standard InChI is InChI=1S/C16H13ClN2O4S3/c17-11-3-1-10(2-4-11)7-13-15(21)19(16(24)25-13)8-14(20)18-12-5-6-26(22,23)9-12/h1-7,12H,8-9H2,(H,18,20)/b13-7-. The van der Waals surface area contributed by atoms with Gasteiger partial charge in [-0.25, -0.2) is 8.42 Å². The summed E-state index contributed by atoms with van der Waals surface area (Å²) in [5, 5.41) is 4.24. The quantitative estimate of drug-likeness (QED) is 0.583. The van der Waals surface area contributed by atoms with Gasteiger partial charge in [0.1, 0.15) is 10.9 Å². The number of halogens is 1. The molecule has 26 heavy (non-hydrogen) atoms. The first kappa shape index (κ1) is 19.1. The number of sulfone groups is 1. The van der Waals surface area contributed by atoms with Crippen LogP contribution in [-0.4, -0.2) is 47.8 Å². The van der Waals surface area contributed by atoms with Crippen molar-refractivity contribution in [1.82, 2.24) is 10.2 Å². The summed E-state index contributed by atoms with van der Waals surface area (Å²) in [5.41, 5.74) is 0.792. The molecule has 3 rings (SSSR count). The first-order valence-electron chi connectivity index (χ1n) is 7.45. The molecule has 10 heteroatoms. The molecule has 1 fully saturated rings. The van der Waals surface area contributed by atoms with Gasteiger partial charge in [-0.2, -0.15) is 0 Å². The summed E-state index contributed by atoms with van der Waals surface area (Å²) in [4.78, 5) is 26.2. The third-order valence-corrected chi connectivity index (χ3v) is 6.64. The number of thioether (sulfide) groups is 1. The maximum Gasteiger partial charge on any atom is 0.266 e. The fraction of sp³-hybridized carbons (Fsp3) is 0.188. The Morgan fingerprint density at radius 3 is 2.69 bits per heavy atom. The molecule has 0 spiro atoms. The smallest absolute Gasteiger partial charge is 0.266 e. The first-order valence-corrected chi connectivity index (χ1v) is 10.8. The van der Waals surface area contributed by atoms with Gasteiger partial charge in [0.25, 0.3) is 5.91 Å². The Morgan fingerprint density at radius 1 is 1.38 bits per heavy atom. The number of carbonyl (C=O) groups is 2. The van der Waals surface area contributed by atoms with E-state index >= 15 is 0 Å². The van der Waals surface area contributed by atoms with Crippen molar-refractivity contribution >= 4 is 67.6 Å². The third-order valence-electron chi connectivity index (χ3n) is 3.62. The molecule has 1 saturated heterocycles. The fourth-order valence-corrected chi connectivity index (χ4v) is 5.02. The van der Waals surface area contributed by atoms with Gasteiger partial charge in [-0.1, -0.05) is 47.7 Å². The van der Waals surface area contributed by atoms with Crippen molar-refractivity contribution in [3.63, 3.8) is 0 Å². The average Bonchev–Trinajstić information content (AvgIpc) is 3.03. The Bertz CT molecular complexity index is 939. The topological polar surface area (TPSA) is 83.6 Å². The van der Waals surface area contributed by atoms with Gasteiger partial charge in [0.05, 0.1) is 16.7 Å².